The van der Waals surface area contributed by atoms with Crippen molar-refractivity contribution in [3.63, 3.8) is 0 Å². The summed E-state index contributed by atoms with van der Waals surface area (Å²) >= 11 is 0. The summed E-state index contributed by atoms with van der Waals surface area (Å²) in [5.74, 6) is 0. The molecule has 0 atom stereocenters. The molecule has 0 bridgehead atoms. The van der Waals surface area contributed by atoms with Gasteiger partial charge in [-0.2, -0.15) is 0 Å². The number of hydrogen-bond donors (Lipinski definition) is 1. The van der Waals surface area contributed by atoms with Crippen LogP contribution in [-0.2, 0) is 6.54 Å². The molecule has 1 aromatic rings. The van der Waals surface area contributed by atoms with E-state index in [1.165, 1.54) is 49.7 Å². The summed E-state index contributed by atoms with van der Waals surface area (Å²) in [5.41, 5.74) is 8.63. The number of nitrogens with two attached hydrogens (primary N) is 1. The van der Waals surface area contributed by atoms with Crippen LogP contribution in [0.5, 0.6) is 0 Å². The van der Waals surface area contributed by atoms with Gasteiger partial charge in [-0.15, -0.1) is 0 Å². The fourth-order valence-electron chi connectivity index (χ4n) is 3.31. The van der Waals surface area contributed by atoms with E-state index >= 15 is 0 Å². The maximum Gasteiger partial charge on any atom is 0.0239 e. The second kappa shape index (κ2) is 8.43. The van der Waals surface area contributed by atoms with Gasteiger partial charge in [0.25, 0.3) is 0 Å². The van der Waals surface area contributed by atoms with E-state index < -0.39 is 0 Å². The number of nitrogens with zero attached hydrogens (tertiary/aromatic N) is 1. The Hall–Kier alpha value is -0.860. The molecular weight excluding hydrogens is 244 g/mol. The first kappa shape index (κ1) is 15.5. The average Bonchev–Trinajstić information content (AvgIpc) is 2.74. The summed E-state index contributed by atoms with van der Waals surface area (Å²) in [6, 6.07) is 9.57. The highest BCUT2D eigenvalue weighted by atomic mass is 15.1. The monoisotopic (exact) mass is 274 g/mol. The largest absolute Gasteiger partial charge is 0.330 e. The zero-order valence-corrected chi connectivity index (χ0v) is 13.0. The summed E-state index contributed by atoms with van der Waals surface area (Å²) in [7, 11) is 0. The molecule has 1 aliphatic rings. The van der Waals surface area contributed by atoms with Crippen molar-refractivity contribution in [2.45, 2.75) is 64.5 Å². The van der Waals surface area contributed by atoms with Gasteiger partial charge in [0, 0.05) is 12.6 Å². The van der Waals surface area contributed by atoms with Gasteiger partial charge in [-0.25, -0.2) is 0 Å². The Morgan fingerprint density at radius 1 is 1.10 bits per heavy atom. The third-order valence-corrected chi connectivity index (χ3v) is 4.63. The molecule has 0 unspecified atom stereocenters. The Balaban J connectivity index is 2.04. The predicted molar refractivity (Wildman–Crippen MR) is 86.8 cm³/mol. The molecule has 0 spiro atoms. The van der Waals surface area contributed by atoms with Gasteiger partial charge in [0.2, 0.25) is 0 Å². The van der Waals surface area contributed by atoms with Crippen LogP contribution in [0.25, 0.3) is 0 Å². The van der Waals surface area contributed by atoms with Gasteiger partial charge < -0.3 is 5.73 Å². The predicted octanol–water partition coefficient (Wildman–Crippen LogP) is 3.87. The van der Waals surface area contributed by atoms with E-state index in [0.29, 0.717) is 0 Å². The molecule has 2 heteroatoms. The van der Waals surface area contributed by atoms with Crippen molar-refractivity contribution in [3.05, 3.63) is 35.4 Å². The van der Waals surface area contributed by atoms with Crippen LogP contribution in [0.1, 0.15) is 56.1 Å². The molecule has 1 aliphatic carbocycles. The maximum atomic E-state index is 5.73. The van der Waals surface area contributed by atoms with Crippen LogP contribution in [0.4, 0.5) is 0 Å². The Bertz CT molecular complexity index is 381. The lowest BCUT2D eigenvalue weighted by Crippen LogP contribution is -2.36. The van der Waals surface area contributed by atoms with Crippen LogP contribution < -0.4 is 5.73 Å². The third kappa shape index (κ3) is 4.60. The molecule has 0 aliphatic heterocycles. The van der Waals surface area contributed by atoms with E-state index in [4.69, 9.17) is 5.73 Å². The number of aryl methyl sites for hydroxylation is 1. The van der Waals surface area contributed by atoms with Crippen molar-refractivity contribution in [2.24, 2.45) is 5.73 Å². The Morgan fingerprint density at radius 3 is 2.45 bits per heavy atom. The lowest BCUT2D eigenvalue weighted by molar-refractivity contribution is 0.169. The molecule has 1 saturated carbocycles. The maximum absolute atomic E-state index is 5.73. The van der Waals surface area contributed by atoms with Crippen molar-refractivity contribution >= 4 is 0 Å². The van der Waals surface area contributed by atoms with Crippen molar-refractivity contribution in [2.75, 3.05) is 13.1 Å². The fraction of sp³-hybridized carbons (Fsp3) is 0.667. The molecule has 20 heavy (non-hydrogen) atoms. The number of benzene rings is 1. The van der Waals surface area contributed by atoms with Crippen LogP contribution in [0.15, 0.2) is 24.3 Å². The van der Waals surface area contributed by atoms with Crippen molar-refractivity contribution in [1.29, 1.82) is 0 Å². The lowest BCUT2D eigenvalue weighted by Gasteiger charge is -2.31. The second-order valence-electron chi connectivity index (χ2n) is 6.18. The van der Waals surface area contributed by atoms with E-state index in [9.17, 15) is 0 Å². The lowest BCUT2D eigenvalue weighted by atomic mass is 10.0. The quantitative estimate of drug-likeness (QED) is 0.798. The van der Waals surface area contributed by atoms with E-state index in [0.717, 1.165) is 32.1 Å². The first-order valence-corrected chi connectivity index (χ1v) is 8.30. The smallest absolute Gasteiger partial charge is 0.0239 e. The zero-order chi connectivity index (χ0) is 14.2. The van der Waals surface area contributed by atoms with E-state index in [-0.39, 0.29) is 0 Å². The second-order valence-corrected chi connectivity index (χ2v) is 6.18. The van der Waals surface area contributed by atoms with Crippen LogP contribution >= 0.6 is 0 Å². The Kier molecular flexibility index (Phi) is 6.55. The van der Waals surface area contributed by atoms with Crippen LogP contribution in [0, 0.1) is 6.92 Å². The van der Waals surface area contributed by atoms with E-state index in [2.05, 4.69) is 36.1 Å². The Morgan fingerprint density at radius 2 is 1.80 bits per heavy atom. The van der Waals surface area contributed by atoms with Gasteiger partial charge >= 0.3 is 0 Å². The van der Waals surface area contributed by atoms with Crippen molar-refractivity contribution < 1.29 is 0 Å². The molecule has 0 amide bonds. The van der Waals surface area contributed by atoms with E-state index in [1.54, 1.807) is 0 Å². The van der Waals surface area contributed by atoms with Gasteiger partial charge in [-0.05, 0) is 50.4 Å². The van der Waals surface area contributed by atoms with E-state index in [1.807, 2.05) is 0 Å². The van der Waals surface area contributed by atoms with Crippen LogP contribution in [0.2, 0.25) is 0 Å². The van der Waals surface area contributed by atoms with Gasteiger partial charge in [0.15, 0.2) is 0 Å². The molecule has 2 rings (SSSR count). The first-order chi connectivity index (χ1) is 9.81. The summed E-state index contributed by atoms with van der Waals surface area (Å²) in [4.78, 5) is 2.69. The van der Waals surface area contributed by atoms with Gasteiger partial charge in [-0.3, -0.25) is 4.90 Å². The molecule has 2 nitrogen and oxygen atoms in total. The SMILES string of the molecule is Cc1ccccc1CN(CCCN)C1CCCCCC1. The summed E-state index contributed by atoms with van der Waals surface area (Å²) < 4.78 is 0. The standard InChI is InChI=1S/C18H30N2/c1-16-9-6-7-10-17(16)15-20(14-8-13-19)18-11-4-2-3-5-12-18/h6-7,9-10,18H,2-5,8,11-15,19H2,1H3. The third-order valence-electron chi connectivity index (χ3n) is 4.63. The fourth-order valence-corrected chi connectivity index (χ4v) is 3.31. The molecule has 112 valence electrons. The average molecular weight is 274 g/mol. The van der Waals surface area contributed by atoms with Crippen LogP contribution in [-0.4, -0.2) is 24.0 Å². The molecular formula is C18H30N2. The first-order valence-electron chi connectivity index (χ1n) is 8.30. The van der Waals surface area contributed by atoms with Gasteiger partial charge in [0.05, 0.1) is 0 Å². The highest BCUT2D eigenvalue weighted by molar-refractivity contribution is 5.25. The number of rotatable bonds is 6. The topological polar surface area (TPSA) is 29.3 Å². The molecule has 0 saturated heterocycles. The zero-order valence-electron chi connectivity index (χ0n) is 13.0. The Labute approximate surface area is 124 Å². The van der Waals surface area contributed by atoms with Crippen molar-refractivity contribution in [3.8, 4) is 0 Å². The highest BCUT2D eigenvalue weighted by Crippen LogP contribution is 2.24. The molecule has 0 aromatic heterocycles. The molecule has 2 N–H and O–H groups in total. The number of hydrogen-bond acceptors (Lipinski definition) is 2. The minimum atomic E-state index is 0.767. The molecule has 0 radical (unpaired) electrons. The van der Waals surface area contributed by atoms with Crippen molar-refractivity contribution in [1.82, 2.24) is 4.90 Å². The van der Waals surface area contributed by atoms with Crippen LogP contribution in [0.3, 0.4) is 0 Å². The minimum absolute atomic E-state index is 0.767. The van der Waals surface area contributed by atoms with Gasteiger partial charge in [-0.1, -0.05) is 49.9 Å². The summed E-state index contributed by atoms with van der Waals surface area (Å²) in [6.07, 6.45) is 9.50. The molecule has 1 fully saturated rings. The normalized spacial score (nSPS) is 17.4. The minimum Gasteiger partial charge on any atom is -0.330 e. The summed E-state index contributed by atoms with van der Waals surface area (Å²) in [5, 5.41) is 0. The summed E-state index contributed by atoms with van der Waals surface area (Å²) in [6.45, 7) is 5.27. The molecule has 0 heterocycles. The molecule has 1 aromatic carbocycles. The van der Waals surface area contributed by atoms with Gasteiger partial charge in [0.1, 0.15) is 0 Å². The highest BCUT2D eigenvalue weighted by Gasteiger charge is 2.20.